The molecule has 0 bridgehead atoms. The quantitative estimate of drug-likeness (QED) is 0.326. The number of nitrogens with zero attached hydrogens (tertiary/aromatic N) is 3. The lowest BCUT2D eigenvalue weighted by molar-refractivity contribution is -0.124. The van der Waals surface area contributed by atoms with Gasteiger partial charge in [-0.2, -0.15) is 0 Å². The average molecular weight is 537 g/mol. The van der Waals surface area contributed by atoms with Crippen LogP contribution in [0.3, 0.4) is 0 Å². The van der Waals surface area contributed by atoms with Gasteiger partial charge in [-0.05, 0) is 33.8 Å². The van der Waals surface area contributed by atoms with Crippen LogP contribution in [-0.4, -0.2) is 52.7 Å². The predicted octanol–water partition coefficient (Wildman–Crippen LogP) is 1.46. The van der Waals surface area contributed by atoms with E-state index >= 15 is 0 Å². The van der Waals surface area contributed by atoms with Gasteiger partial charge >= 0.3 is 5.69 Å². The maximum Gasteiger partial charge on any atom is 0.331 e. The highest BCUT2D eigenvalue weighted by atomic mass is 32.2. The van der Waals surface area contributed by atoms with Crippen molar-refractivity contribution in [2.24, 2.45) is 11.1 Å². The molecule has 0 fully saturated rings. The van der Waals surface area contributed by atoms with Crippen molar-refractivity contribution in [2.75, 3.05) is 6.26 Å². The zero-order valence-corrected chi connectivity index (χ0v) is 23.1. The fraction of sp³-hybridized carbons (Fsp3) is 0.520. The first-order chi connectivity index (χ1) is 17.1. The minimum Gasteiger partial charge on any atom is -0.393 e. The Morgan fingerprint density at radius 3 is 2.30 bits per heavy atom. The number of amides is 1. The van der Waals surface area contributed by atoms with Crippen LogP contribution in [-0.2, 0) is 32.6 Å². The average Bonchev–Trinajstić information content (AvgIpc) is 2.81. The Balaban J connectivity index is 2.60. The van der Waals surface area contributed by atoms with E-state index in [0.29, 0.717) is 0 Å². The van der Waals surface area contributed by atoms with Crippen molar-refractivity contribution in [3.8, 4) is 0 Å². The van der Waals surface area contributed by atoms with Crippen molar-refractivity contribution < 1.29 is 23.2 Å². The first-order valence-electron chi connectivity index (χ1n) is 12.0. The van der Waals surface area contributed by atoms with Gasteiger partial charge in [0.2, 0.25) is 5.91 Å². The number of hydrogen-bond acceptors (Lipinski definition) is 8. The van der Waals surface area contributed by atoms with Gasteiger partial charge in [-0.3, -0.25) is 18.7 Å². The van der Waals surface area contributed by atoms with E-state index in [1.807, 2.05) is 0 Å². The van der Waals surface area contributed by atoms with Gasteiger partial charge in [-0.15, -0.1) is 0 Å². The summed E-state index contributed by atoms with van der Waals surface area (Å²) in [5.41, 5.74) is -0.959. The maximum absolute atomic E-state index is 13.3. The van der Waals surface area contributed by atoms with E-state index in [-0.39, 0.29) is 52.8 Å². The van der Waals surface area contributed by atoms with E-state index in [0.717, 1.165) is 15.4 Å². The molecule has 0 aliphatic rings. The molecule has 0 saturated heterocycles. The number of carbonyl (C=O) groups excluding carboxylic acids is 1. The second kappa shape index (κ2) is 12.3. The summed E-state index contributed by atoms with van der Waals surface area (Å²) in [6, 6.07) is 5.42. The molecule has 12 heteroatoms. The molecule has 2 atom stereocenters. The number of aromatic nitrogens is 2. The Bertz CT molecular complexity index is 1370. The SMILES string of the molecule is C/C(=N\OC(C)C)c1cn(CC(O)c2ccccc2S(C)(=O)=O)c(=O)n(C[C@H](C)NC(=O)C(C)C)c1=O. The second-order valence-corrected chi connectivity index (χ2v) is 11.6. The first-order valence-corrected chi connectivity index (χ1v) is 13.8. The summed E-state index contributed by atoms with van der Waals surface area (Å²) < 4.78 is 26.5. The van der Waals surface area contributed by atoms with Crippen molar-refractivity contribution in [3.63, 3.8) is 0 Å². The van der Waals surface area contributed by atoms with Crippen LogP contribution in [0.2, 0.25) is 0 Å². The molecule has 1 aromatic carbocycles. The normalized spacial score (nSPS) is 14.1. The highest BCUT2D eigenvalue weighted by Gasteiger charge is 2.22. The van der Waals surface area contributed by atoms with E-state index in [1.165, 1.54) is 18.3 Å². The van der Waals surface area contributed by atoms with Gasteiger partial charge in [0.1, 0.15) is 6.10 Å². The van der Waals surface area contributed by atoms with Crippen LogP contribution in [0.15, 0.2) is 50.1 Å². The van der Waals surface area contributed by atoms with Crippen LogP contribution in [0.4, 0.5) is 0 Å². The molecular formula is C25H36N4O7S. The third-order valence-electron chi connectivity index (χ3n) is 5.44. The van der Waals surface area contributed by atoms with Gasteiger partial charge in [0.05, 0.1) is 35.4 Å². The Morgan fingerprint density at radius 1 is 1.11 bits per heavy atom. The Morgan fingerprint density at radius 2 is 1.73 bits per heavy atom. The molecule has 1 aromatic heterocycles. The molecule has 0 spiro atoms. The zero-order chi connectivity index (χ0) is 28.1. The molecule has 2 aromatic rings. The van der Waals surface area contributed by atoms with Crippen LogP contribution in [0.1, 0.15) is 58.8 Å². The molecule has 1 heterocycles. The number of sulfone groups is 1. The minimum atomic E-state index is -3.65. The van der Waals surface area contributed by atoms with Crippen LogP contribution in [0, 0.1) is 5.92 Å². The largest absolute Gasteiger partial charge is 0.393 e. The molecule has 0 aliphatic carbocycles. The lowest BCUT2D eigenvalue weighted by Gasteiger charge is -2.20. The van der Waals surface area contributed by atoms with E-state index in [1.54, 1.807) is 53.7 Å². The van der Waals surface area contributed by atoms with E-state index in [4.69, 9.17) is 4.84 Å². The van der Waals surface area contributed by atoms with Crippen molar-refractivity contribution >= 4 is 21.5 Å². The van der Waals surface area contributed by atoms with Crippen molar-refractivity contribution in [1.29, 1.82) is 0 Å². The van der Waals surface area contributed by atoms with Crippen LogP contribution >= 0.6 is 0 Å². The molecule has 2 N–H and O–H groups in total. The Labute approximate surface area is 216 Å². The molecule has 0 saturated carbocycles. The van der Waals surface area contributed by atoms with Gasteiger partial charge in [0.15, 0.2) is 9.84 Å². The number of aliphatic hydroxyl groups excluding tert-OH is 1. The van der Waals surface area contributed by atoms with Gasteiger partial charge in [-0.1, -0.05) is 37.2 Å². The van der Waals surface area contributed by atoms with Gasteiger partial charge in [0.25, 0.3) is 5.56 Å². The highest BCUT2D eigenvalue weighted by molar-refractivity contribution is 7.90. The summed E-state index contributed by atoms with van der Waals surface area (Å²) in [5.74, 6) is -0.511. The summed E-state index contributed by atoms with van der Waals surface area (Å²) in [6.45, 7) is 9.76. The van der Waals surface area contributed by atoms with Crippen molar-refractivity contribution in [1.82, 2.24) is 14.5 Å². The summed E-state index contributed by atoms with van der Waals surface area (Å²) >= 11 is 0. The summed E-state index contributed by atoms with van der Waals surface area (Å²) in [7, 11) is -3.65. The number of carbonyl (C=O) groups is 1. The standard InChI is InChI=1S/C25H36N4O7S/c1-15(2)23(31)26-17(5)12-29-24(32)20(18(6)27-36-16(3)4)13-28(25(29)33)14-21(30)19-10-8-9-11-22(19)37(7,34)35/h8-11,13,15-17,21,30H,12,14H2,1-7H3,(H,26,31)/b27-18+/t17-,21?/m0/s1. The van der Waals surface area contributed by atoms with Gasteiger partial charge < -0.3 is 15.3 Å². The zero-order valence-electron chi connectivity index (χ0n) is 22.3. The third kappa shape index (κ3) is 7.86. The molecule has 1 unspecified atom stereocenters. The van der Waals surface area contributed by atoms with Gasteiger partial charge in [0, 0.05) is 30.0 Å². The fourth-order valence-electron chi connectivity index (χ4n) is 3.53. The fourth-order valence-corrected chi connectivity index (χ4v) is 4.49. The molecule has 0 radical (unpaired) electrons. The van der Waals surface area contributed by atoms with Crippen LogP contribution in [0.5, 0.6) is 0 Å². The summed E-state index contributed by atoms with van der Waals surface area (Å²) in [4.78, 5) is 44.0. The van der Waals surface area contributed by atoms with Gasteiger partial charge in [-0.25, -0.2) is 13.2 Å². The molecule has 11 nitrogen and oxygen atoms in total. The van der Waals surface area contributed by atoms with Crippen molar-refractivity contribution in [2.45, 2.75) is 77.8 Å². The lowest BCUT2D eigenvalue weighted by atomic mass is 10.1. The molecular weight excluding hydrogens is 500 g/mol. The molecule has 0 aliphatic heterocycles. The number of rotatable bonds is 11. The highest BCUT2D eigenvalue weighted by Crippen LogP contribution is 2.23. The molecule has 204 valence electrons. The smallest absolute Gasteiger partial charge is 0.331 e. The number of benzene rings is 1. The maximum atomic E-state index is 13.3. The van der Waals surface area contributed by atoms with E-state index in [9.17, 15) is 27.9 Å². The number of aliphatic hydroxyl groups is 1. The minimum absolute atomic E-state index is 0.0582. The van der Waals surface area contributed by atoms with Crippen LogP contribution in [0.25, 0.3) is 0 Å². The Kier molecular flexibility index (Phi) is 9.99. The lowest BCUT2D eigenvalue weighted by Crippen LogP contribution is -2.48. The number of oxime groups is 1. The van der Waals surface area contributed by atoms with Crippen molar-refractivity contribution in [3.05, 3.63) is 62.4 Å². The van der Waals surface area contributed by atoms with E-state index < -0.39 is 33.2 Å². The molecule has 2 rings (SSSR count). The number of nitrogens with one attached hydrogen (secondary N) is 1. The topological polar surface area (TPSA) is 149 Å². The number of hydrogen-bond donors (Lipinski definition) is 2. The monoisotopic (exact) mass is 536 g/mol. The van der Waals surface area contributed by atoms with Crippen LogP contribution < -0.4 is 16.6 Å². The summed E-state index contributed by atoms with van der Waals surface area (Å²) in [5, 5.41) is 17.7. The third-order valence-corrected chi connectivity index (χ3v) is 6.61. The Hall–Kier alpha value is -3.25. The van der Waals surface area contributed by atoms with E-state index in [2.05, 4.69) is 10.5 Å². The molecule has 1 amide bonds. The first kappa shape index (κ1) is 30.0. The molecule has 37 heavy (non-hydrogen) atoms. The second-order valence-electron chi connectivity index (χ2n) is 9.61. The summed E-state index contributed by atoms with van der Waals surface area (Å²) in [6.07, 6.45) is 0.686. The predicted molar refractivity (Wildman–Crippen MR) is 140 cm³/mol.